The number of hydrogen-bond donors (Lipinski definition) is 0. The van der Waals surface area contributed by atoms with Gasteiger partial charge >= 0.3 is 0 Å². The monoisotopic (exact) mass is 474 g/mol. The van der Waals surface area contributed by atoms with E-state index < -0.39 is 0 Å². The fourth-order valence-corrected chi connectivity index (χ4v) is 5.16. The first kappa shape index (κ1) is 23.1. The van der Waals surface area contributed by atoms with Gasteiger partial charge in [0.05, 0.1) is 12.6 Å². The zero-order valence-corrected chi connectivity index (χ0v) is 20.3. The molecule has 2 aromatic rings. The zero-order chi connectivity index (χ0) is 22.7. The van der Waals surface area contributed by atoms with Gasteiger partial charge in [-0.3, -0.25) is 9.59 Å². The molecule has 1 saturated carbocycles. The van der Waals surface area contributed by atoms with E-state index >= 15 is 0 Å². The second-order valence-electron chi connectivity index (χ2n) is 9.13. The first-order valence-corrected chi connectivity index (χ1v) is 12.7. The van der Waals surface area contributed by atoms with Crippen LogP contribution in [-0.2, 0) is 16.0 Å². The molecule has 172 valence electrons. The van der Waals surface area contributed by atoms with Crippen LogP contribution in [0.2, 0.25) is 5.02 Å². The van der Waals surface area contributed by atoms with Crippen molar-refractivity contribution in [2.75, 3.05) is 26.2 Å². The molecule has 0 spiro atoms. The van der Waals surface area contributed by atoms with Gasteiger partial charge in [0, 0.05) is 28.9 Å². The molecule has 0 bridgehead atoms. The van der Waals surface area contributed by atoms with Crippen molar-refractivity contribution in [1.82, 2.24) is 9.80 Å². The van der Waals surface area contributed by atoms with E-state index in [-0.39, 0.29) is 30.3 Å². The molecule has 5 nitrogen and oxygen atoms in total. The van der Waals surface area contributed by atoms with Crippen LogP contribution in [0.1, 0.15) is 49.6 Å². The molecular formula is C25H31ClN2O3S. The topological polar surface area (TPSA) is 49.9 Å². The molecule has 2 aliphatic rings. The molecule has 0 radical (unpaired) electrons. The van der Waals surface area contributed by atoms with Crippen molar-refractivity contribution in [3.63, 3.8) is 0 Å². The SMILES string of the molecule is CC(C)CCN(CC(=O)N1CCc2sccc2[C@@H]1COc1ccc(Cl)cc1)C(=O)C1CC1. The quantitative estimate of drug-likeness (QED) is 0.502. The Balaban J connectivity index is 1.47. The first-order valence-electron chi connectivity index (χ1n) is 11.4. The van der Waals surface area contributed by atoms with E-state index in [0.717, 1.165) is 37.0 Å². The van der Waals surface area contributed by atoms with E-state index in [4.69, 9.17) is 16.3 Å². The van der Waals surface area contributed by atoms with Crippen LogP contribution in [0.15, 0.2) is 35.7 Å². The molecule has 32 heavy (non-hydrogen) atoms. The highest BCUT2D eigenvalue weighted by Gasteiger charge is 2.37. The van der Waals surface area contributed by atoms with Gasteiger partial charge in [0.1, 0.15) is 12.4 Å². The third kappa shape index (κ3) is 5.65. The molecule has 0 unspecified atom stereocenters. The van der Waals surface area contributed by atoms with Crippen molar-refractivity contribution in [3.8, 4) is 5.75 Å². The van der Waals surface area contributed by atoms with Crippen LogP contribution in [0.4, 0.5) is 0 Å². The number of ether oxygens (including phenoxy) is 1. The van der Waals surface area contributed by atoms with Crippen LogP contribution in [-0.4, -0.2) is 47.9 Å². The summed E-state index contributed by atoms with van der Waals surface area (Å²) in [7, 11) is 0. The summed E-state index contributed by atoms with van der Waals surface area (Å²) in [5.74, 6) is 1.48. The maximum atomic E-state index is 13.5. The van der Waals surface area contributed by atoms with Gasteiger partial charge in [-0.1, -0.05) is 25.4 Å². The third-order valence-corrected chi connectivity index (χ3v) is 7.43. The van der Waals surface area contributed by atoms with Crippen LogP contribution in [0.3, 0.4) is 0 Å². The summed E-state index contributed by atoms with van der Waals surface area (Å²) >= 11 is 7.72. The van der Waals surface area contributed by atoms with Crippen molar-refractivity contribution in [2.24, 2.45) is 11.8 Å². The van der Waals surface area contributed by atoms with Gasteiger partial charge in [0.2, 0.25) is 11.8 Å². The number of hydrogen-bond acceptors (Lipinski definition) is 4. The normalized spacial score (nSPS) is 17.9. The number of fused-ring (bicyclic) bond motifs is 1. The Hall–Kier alpha value is -2.05. The van der Waals surface area contributed by atoms with Crippen molar-refractivity contribution in [3.05, 3.63) is 51.2 Å². The fraction of sp³-hybridized carbons (Fsp3) is 0.520. The summed E-state index contributed by atoms with van der Waals surface area (Å²) < 4.78 is 6.06. The summed E-state index contributed by atoms with van der Waals surface area (Å²) in [6.07, 6.45) is 3.65. The van der Waals surface area contributed by atoms with Gasteiger partial charge in [0.25, 0.3) is 0 Å². The molecule has 0 saturated heterocycles. The highest BCUT2D eigenvalue weighted by Crippen LogP contribution is 2.35. The predicted molar refractivity (Wildman–Crippen MR) is 128 cm³/mol. The third-order valence-electron chi connectivity index (χ3n) is 6.18. The summed E-state index contributed by atoms with van der Waals surface area (Å²) in [6, 6.07) is 9.22. The maximum Gasteiger partial charge on any atom is 0.242 e. The molecule has 1 aliphatic carbocycles. The van der Waals surface area contributed by atoms with Crippen molar-refractivity contribution >= 4 is 34.8 Å². The van der Waals surface area contributed by atoms with Gasteiger partial charge in [0.15, 0.2) is 0 Å². The average Bonchev–Trinajstić information content (AvgIpc) is 3.52. The van der Waals surface area contributed by atoms with Gasteiger partial charge in [-0.15, -0.1) is 11.3 Å². The minimum atomic E-state index is -0.156. The summed E-state index contributed by atoms with van der Waals surface area (Å²) in [6.45, 7) is 6.11. The van der Waals surface area contributed by atoms with Crippen molar-refractivity contribution in [2.45, 2.75) is 45.6 Å². The number of carbonyl (C=O) groups excluding carboxylic acids is 2. The molecule has 1 aliphatic heterocycles. The van der Waals surface area contributed by atoms with Crippen LogP contribution in [0.25, 0.3) is 0 Å². The number of nitrogens with zero attached hydrogens (tertiary/aromatic N) is 2. The first-order chi connectivity index (χ1) is 15.4. The highest BCUT2D eigenvalue weighted by atomic mass is 35.5. The number of thiophene rings is 1. The minimum absolute atomic E-state index is 0.00399. The van der Waals surface area contributed by atoms with E-state index in [1.807, 2.05) is 17.0 Å². The van der Waals surface area contributed by atoms with Crippen LogP contribution < -0.4 is 4.74 Å². The smallest absolute Gasteiger partial charge is 0.242 e. The Morgan fingerprint density at radius 1 is 1.22 bits per heavy atom. The van der Waals surface area contributed by atoms with Gasteiger partial charge in [-0.2, -0.15) is 0 Å². The molecule has 2 heterocycles. The van der Waals surface area contributed by atoms with Crippen LogP contribution in [0, 0.1) is 11.8 Å². The van der Waals surface area contributed by atoms with E-state index in [1.165, 1.54) is 4.88 Å². The lowest BCUT2D eigenvalue weighted by Gasteiger charge is -2.37. The molecular weight excluding hydrogens is 444 g/mol. The highest BCUT2D eigenvalue weighted by molar-refractivity contribution is 7.10. The summed E-state index contributed by atoms with van der Waals surface area (Å²) in [5.41, 5.74) is 1.16. The number of carbonyl (C=O) groups is 2. The molecule has 1 fully saturated rings. The molecule has 0 N–H and O–H groups in total. The Kier molecular flexibility index (Phi) is 7.41. The number of rotatable bonds is 9. The van der Waals surface area contributed by atoms with E-state index in [2.05, 4.69) is 25.3 Å². The lowest BCUT2D eigenvalue weighted by Crippen LogP contribution is -2.48. The van der Waals surface area contributed by atoms with Crippen LogP contribution in [0.5, 0.6) is 5.75 Å². The standard InChI is InChI=1S/C25H31ClN2O3S/c1-17(2)9-12-27(25(30)18-3-4-18)15-24(29)28-13-10-23-21(11-14-32-23)22(28)16-31-20-7-5-19(26)6-8-20/h5-8,11,14,17-18,22H,3-4,9-10,12-13,15-16H2,1-2H3/t22-/m0/s1. The lowest BCUT2D eigenvalue weighted by molar-refractivity contribution is -0.143. The van der Waals surface area contributed by atoms with E-state index in [0.29, 0.717) is 30.6 Å². The summed E-state index contributed by atoms with van der Waals surface area (Å²) in [4.78, 5) is 31.3. The van der Waals surface area contributed by atoms with Gasteiger partial charge < -0.3 is 14.5 Å². The number of benzene rings is 1. The predicted octanol–water partition coefficient (Wildman–Crippen LogP) is 5.19. The second-order valence-corrected chi connectivity index (χ2v) is 10.6. The average molecular weight is 475 g/mol. The lowest BCUT2D eigenvalue weighted by atomic mass is 10.00. The molecule has 1 aromatic heterocycles. The Morgan fingerprint density at radius 3 is 2.66 bits per heavy atom. The maximum absolute atomic E-state index is 13.5. The second kappa shape index (κ2) is 10.3. The number of halogens is 1. The minimum Gasteiger partial charge on any atom is -0.491 e. The molecule has 4 rings (SSSR count). The van der Waals surface area contributed by atoms with E-state index in [1.54, 1.807) is 28.4 Å². The van der Waals surface area contributed by atoms with Gasteiger partial charge in [-0.05, 0) is 72.9 Å². The van der Waals surface area contributed by atoms with Gasteiger partial charge in [-0.25, -0.2) is 0 Å². The Bertz CT molecular complexity index is 939. The molecule has 7 heteroatoms. The van der Waals surface area contributed by atoms with Crippen molar-refractivity contribution < 1.29 is 14.3 Å². The Morgan fingerprint density at radius 2 is 1.97 bits per heavy atom. The number of amides is 2. The fourth-order valence-electron chi connectivity index (χ4n) is 4.10. The Labute approximate surface area is 199 Å². The summed E-state index contributed by atoms with van der Waals surface area (Å²) in [5, 5.41) is 2.74. The van der Waals surface area contributed by atoms with Crippen LogP contribution >= 0.6 is 22.9 Å². The van der Waals surface area contributed by atoms with E-state index in [9.17, 15) is 9.59 Å². The zero-order valence-electron chi connectivity index (χ0n) is 18.8. The molecule has 1 aromatic carbocycles. The van der Waals surface area contributed by atoms with Crippen molar-refractivity contribution in [1.29, 1.82) is 0 Å². The largest absolute Gasteiger partial charge is 0.491 e. The molecule has 1 atom stereocenters. The molecule has 2 amide bonds.